The van der Waals surface area contributed by atoms with Crippen molar-refractivity contribution in [1.82, 2.24) is 0 Å². The van der Waals surface area contributed by atoms with Crippen molar-refractivity contribution >= 4 is 33.6 Å². The average Bonchev–Trinajstić information content (AvgIpc) is 2.96. The normalized spacial score (nSPS) is 7.65. The zero-order valence-electron chi connectivity index (χ0n) is 17.6. The standard InChI is InChI=1S/C10H8Br.C4H10N.3CH4O.2CH3.Si.Zr/c1-7-5-8-3-2-4-10(11)9(8)6-7;1-4(2,3)5;3*1-2;;;;/h2-6H,1H3;5H,1-3H3;3*2H,1H3;2*1H3;;/q2*-1;;;;2*-1;;. The Hall–Kier alpha value is 0.250. The van der Waals surface area contributed by atoms with E-state index in [9.17, 15) is 0 Å². The Balaban J connectivity index is -0.0000000579. The van der Waals surface area contributed by atoms with E-state index in [0.717, 1.165) is 21.3 Å². The molecule has 2 aromatic carbocycles. The Labute approximate surface area is 186 Å². The van der Waals surface area contributed by atoms with Crippen LogP contribution < -0.4 is 0 Å². The maximum atomic E-state index is 7.00. The number of halogens is 1. The summed E-state index contributed by atoms with van der Waals surface area (Å²) in [6.07, 6.45) is 0. The summed E-state index contributed by atoms with van der Waals surface area (Å²) in [6, 6.07) is 10.7. The van der Waals surface area contributed by atoms with Gasteiger partial charge in [0, 0.05) is 21.3 Å². The van der Waals surface area contributed by atoms with Crippen LogP contribution in [0.25, 0.3) is 16.5 Å². The first kappa shape index (κ1) is 40.8. The molecule has 2 rings (SSSR count). The first-order chi connectivity index (χ1) is 11.3. The molecular formula is C19H36BrNO3SiZr-4. The molecule has 0 aliphatic heterocycles. The van der Waals surface area contributed by atoms with Crippen LogP contribution in [0.2, 0.25) is 0 Å². The third-order valence-corrected chi connectivity index (χ3v) is 2.53. The molecule has 0 aliphatic carbocycles. The van der Waals surface area contributed by atoms with Gasteiger partial charge >= 0.3 is 30.2 Å². The Morgan fingerprint density at radius 1 is 1.00 bits per heavy atom. The molecule has 0 saturated heterocycles. The van der Waals surface area contributed by atoms with Crippen molar-refractivity contribution in [3.63, 3.8) is 0 Å². The molecule has 154 valence electrons. The molecule has 4 N–H and O–H groups in total. The van der Waals surface area contributed by atoms with Gasteiger partial charge in [-0.1, -0.05) is 49.7 Å². The molecule has 0 spiro atoms. The van der Waals surface area contributed by atoms with Gasteiger partial charge in [-0.2, -0.15) is 6.07 Å². The van der Waals surface area contributed by atoms with E-state index in [1.54, 1.807) is 0 Å². The molecule has 0 saturated carbocycles. The monoisotopic (exact) mass is 523 g/mol. The minimum absolute atomic E-state index is 0. The van der Waals surface area contributed by atoms with Gasteiger partial charge in [-0.3, -0.25) is 0 Å². The summed E-state index contributed by atoms with van der Waals surface area (Å²) in [6.45, 7) is 10.7. The van der Waals surface area contributed by atoms with E-state index in [4.69, 9.17) is 21.1 Å². The van der Waals surface area contributed by atoms with E-state index in [1.807, 2.05) is 20.8 Å². The van der Waals surface area contributed by atoms with Gasteiger partial charge in [0.05, 0.1) is 0 Å². The van der Waals surface area contributed by atoms with Crippen LogP contribution in [-0.4, -0.2) is 49.1 Å². The number of nitrogens with one attached hydrogen (secondary N) is 1. The van der Waals surface area contributed by atoms with E-state index >= 15 is 0 Å². The van der Waals surface area contributed by atoms with E-state index < -0.39 is 0 Å². The summed E-state index contributed by atoms with van der Waals surface area (Å²) in [5.41, 5.74) is 8.01. The Kier molecular flexibility index (Phi) is 43.1. The third-order valence-electron chi connectivity index (χ3n) is 1.84. The summed E-state index contributed by atoms with van der Waals surface area (Å²) in [5.74, 6) is 0. The molecule has 7 heteroatoms. The number of aliphatic hydroxyl groups is 3. The number of aliphatic hydroxyl groups excluding tert-OH is 3. The number of rotatable bonds is 0. The van der Waals surface area contributed by atoms with Crippen molar-refractivity contribution in [2.75, 3.05) is 21.3 Å². The fourth-order valence-electron chi connectivity index (χ4n) is 1.35. The molecular weight excluding hydrogens is 489 g/mol. The van der Waals surface area contributed by atoms with Crippen molar-refractivity contribution in [1.29, 1.82) is 0 Å². The first-order valence-electron chi connectivity index (χ1n) is 6.93. The molecule has 0 atom stereocenters. The zero-order chi connectivity index (χ0) is 20.3. The van der Waals surface area contributed by atoms with Crippen molar-refractivity contribution in [3.8, 4) is 0 Å². The fraction of sp³-hybridized carbons (Fsp3) is 0.421. The van der Waals surface area contributed by atoms with Gasteiger partial charge in [0.15, 0.2) is 0 Å². The first-order valence-corrected chi connectivity index (χ1v) is 11.9. The quantitative estimate of drug-likeness (QED) is 0.341. The topological polar surface area (TPSA) is 84.5 Å². The van der Waals surface area contributed by atoms with E-state index in [0.29, 0.717) is 0 Å². The number of aryl methyl sites for hydroxylation is 1. The maximum absolute atomic E-state index is 7.00. The van der Waals surface area contributed by atoms with Crippen molar-refractivity contribution < 1.29 is 38.7 Å². The van der Waals surface area contributed by atoms with Crippen LogP contribution in [0, 0.1) is 21.8 Å². The van der Waals surface area contributed by atoms with Crippen molar-refractivity contribution in [2.45, 2.75) is 33.2 Å². The molecule has 4 nitrogen and oxygen atoms in total. The molecule has 0 unspecified atom stereocenters. The zero-order valence-corrected chi connectivity index (χ0v) is 22.7. The summed E-state index contributed by atoms with van der Waals surface area (Å²) in [4.78, 5) is 0. The molecule has 0 fully saturated rings. The van der Waals surface area contributed by atoms with Crippen LogP contribution in [0.15, 0.2) is 34.8 Å². The molecule has 0 aliphatic rings. The molecule has 0 aromatic heterocycles. The second kappa shape index (κ2) is 27.5. The SMILES string of the molecule is CC(C)(C)[NH-].CO.CO.CO.Cc1cc2c(Br)cccc2[cH-]1.[CH3-].[CH3-].[Si]=[Zr]. The van der Waals surface area contributed by atoms with Crippen molar-refractivity contribution in [3.05, 3.63) is 61.0 Å². The third kappa shape index (κ3) is 26.5. The summed E-state index contributed by atoms with van der Waals surface area (Å²) in [5, 5.41) is 23.6. The van der Waals surface area contributed by atoms with Gasteiger partial charge in [0.25, 0.3) is 0 Å². The molecule has 0 bridgehead atoms. The molecule has 0 heterocycles. The van der Waals surface area contributed by atoms with Gasteiger partial charge < -0.3 is 35.9 Å². The molecule has 0 amide bonds. The minimum atomic E-state index is -0.250. The van der Waals surface area contributed by atoms with E-state index in [1.165, 1.54) is 44.1 Å². The average molecular weight is 526 g/mol. The predicted molar refractivity (Wildman–Crippen MR) is 119 cm³/mol. The number of hydrogen-bond acceptors (Lipinski definition) is 3. The van der Waals surface area contributed by atoms with Gasteiger partial charge in [-0.05, 0) is 4.47 Å². The van der Waals surface area contributed by atoms with Crippen LogP contribution in [0.5, 0.6) is 0 Å². The fourth-order valence-corrected chi connectivity index (χ4v) is 1.84. The van der Waals surface area contributed by atoms with E-state index in [-0.39, 0.29) is 20.4 Å². The Bertz CT molecular complexity index is 497. The van der Waals surface area contributed by atoms with Gasteiger partial charge in [-0.25, -0.2) is 0 Å². The van der Waals surface area contributed by atoms with Crippen molar-refractivity contribution in [2.24, 2.45) is 0 Å². The Morgan fingerprint density at radius 2 is 1.35 bits per heavy atom. The Morgan fingerprint density at radius 3 is 1.65 bits per heavy atom. The van der Waals surface area contributed by atoms with Gasteiger partial charge in [0.1, 0.15) is 0 Å². The van der Waals surface area contributed by atoms with Crippen LogP contribution in [0.4, 0.5) is 0 Å². The number of hydrogen-bond donors (Lipinski definition) is 3. The van der Waals surface area contributed by atoms with Crippen LogP contribution in [0.3, 0.4) is 0 Å². The summed E-state index contributed by atoms with van der Waals surface area (Å²) in [7, 11) is 3.00. The number of fused-ring (bicyclic) bond motifs is 1. The van der Waals surface area contributed by atoms with Crippen LogP contribution in [-0.2, 0) is 23.3 Å². The predicted octanol–water partition coefficient (Wildman–Crippen LogP) is 4.81. The number of benzene rings is 1. The van der Waals surface area contributed by atoms with Crippen LogP contribution in [0.1, 0.15) is 26.3 Å². The summed E-state index contributed by atoms with van der Waals surface area (Å²) >= 11 is 4.87. The molecule has 2 radical (unpaired) electrons. The van der Waals surface area contributed by atoms with Gasteiger partial charge in [0.2, 0.25) is 0 Å². The van der Waals surface area contributed by atoms with Crippen LogP contribution >= 0.6 is 15.9 Å². The molecule has 26 heavy (non-hydrogen) atoms. The van der Waals surface area contributed by atoms with E-state index in [2.05, 4.69) is 60.1 Å². The van der Waals surface area contributed by atoms with Gasteiger partial charge in [-0.15, -0.1) is 40.1 Å². The summed E-state index contributed by atoms with van der Waals surface area (Å²) < 4.78 is 1.18. The molecule has 2 aromatic rings. The second-order valence-electron chi connectivity index (χ2n) is 5.03. The second-order valence-corrected chi connectivity index (χ2v) is 5.88.